The van der Waals surface area contributed by atoms with E-state index in [1.165, 1.54) is 19.3 Å². The third kappa shape index (κ3) is 3.52. The molecule has 3 aromatic rings. The van der Waals surface area contributed by atoms with E-state index in [9.17, 15) is 0 Å². The van der Waals surface area contributed by atoms with Gasteiger partial charge in [-0.25, -0.2) is 4.98 Å². The van der Waals surface area contributed by atoms with Crippen LogP contribution >= 0.6 is 0 Å². The van der Waals surface area contributed by atoms with Gasteiger partial charge in [-0.2, -0.15) is 0 Å². The van der Waals surface area contributed by atoms with Crippen molar-refractivity contribution < 1.29 is 4.42 Å². The Hall–Kier alpha value is -2.39. The zero-order valence-corrected chi connectivity index (χ0v) is 14.4. The van der Waals surface area contributed by atoms with Crippen molar-refractivity contribution in [3.05, 3.63) is 66.6 Å². The zero-order valence-electron chi connectivity index (χ0n) is 14.4. The third-order valence-electron chi connectivity index (χ3n) is 5.16. The highest BCUT2D eigenvalue weighted by Gasteiger charge is 2.25. The van der Waals surface area contributed by atoms with Crippen molar-refractivity contribution in [3.63, 3.8) is 0 Å². The van der Waals surface area contributed by atoms with Gasteiger partial charge in [0.2, 0.25) is 0 Å². The predicted octanol–water partition coefficient (Wildman–Crippen LogP) is 5.07. The summed E-state index contributed by atoms with van der Waals surface area (Å²) in [7, 11) is 0. The van der Waals surface area contributed by atoms with Gasteiger partial charge in [-0.3, -0.25) is 0 Å². The largest absolute Gasteiger partial charge is 0.440 e. The molecule has 0 radical (unpaired) electrons. The summed E-state index contributed by atoms with van der Waals surface area (Å²) in [6.45, 7) is 0. The van der Waals surface area contributed by atoms with E-state index in [0.29, 0.717) is 5.92 Å². The average Bonchev–Trinajstić information content (AvgIpc) is 3.09. The molecule has 0 spiro atoms. The summed E-state index contributed by atoms with van der Waals surface area (Å²) in [4.78, 5) is 4.86. The van der Waals surface area contributed by atoms with Crippen LogP contribution in [0.4, 0.5) is 0 Å². The van der Waals surface area contributed by atoms with Crippen LogP contribution in [0.15, 0.2) is 65.1 Å². The number of rotatable bonds is 4. The molecule has 25 heavy (non-hydrogen) atoms. The average molecular weight is 332 g/mol. The molecule has 0 bridgehead atoms. The second-order valence-corrected chi connectivity index (χ2v) is 6.93. The standard InChI is InChI=1S/C22H24N2O/c23-19-14-8-7-13-18(19)15-20-24-21(16-9-3-1-4-10-16)22(25-20)17-11-5-2-6-12-17/h1-6,9-12,18-19H,7-8,13-15,23H2/t18-,19-/m1/s1. The first-order valence-corrected chi connectivity index (χ1v) is 9.17. The van der Waals surface area contributed by atoms with Crippen molar-refractivity contribution in [1.29, 1.82) is 0 Å². The molecule has 2 atom stereocenters. The number of aromatic nitrogens is 1. The smallest absolute Gasteiger partial charge is 0.195 e. The highest BCUT2D eigenvalue weighted by molar-refractivity contribution is 5.76. The number of hydrogen-bond acceptors (Lipinski definition) is 3. The SMILES string of the molecule is N[C@@H]1CCCC[C@@H]1Cc1nc(-c2ccccc2)c(-c2ccccc2)o1. The van der Waals surface area contributed by atoms with Gasteiger partial charge in [0.1, 0.15) is 5.69 Å². The van der Waals surface area contributed by atoms with Crippen molar-refractivity contribution in [2.45, 2.75) is 38.1 Å². The van der Waals surface area contributed by atoms with Gasteiger partial charge in [0.15, 0.2) is 11.7 Å². The van der Waals surface area contributed by atoms with Crippen LogP contribution < -0.4 is 5.73 Å². The second kappa shape index (κ2) is 7.24. The van der Waals surface area contributed by atoms with Crippen molar-refractivity contribution in [3.8, 4) is 22.6 Å². The Morgan fingerprint density at radius 2 is 1.52 bits per heavy atom. The first-order chi connectivity index (χ1) is 12.3. The summed E-state index contributed by atoms with van der Waals surface area (Å²) in [6.07, 6.45) is 5.62. The Morgan fingerprint density at radius 1 is 0.880 bits per heavy atom. The fourth-order valence-corrected chi connectivity index (χ4v) is 3.74. The van der Waals surface area contributed by atoms with Crippen LogP contribution in [-0.4, -0.2) is 11.0 Å². The minimum atomic E-state index is 0.265. The van der Waals surface area contributed by atoms with Crippen molar-refractivity contribution in [2.24, 2.45) is 11.7 Å². The molecule has 0 aliphatic heterocycles. The molecule has 1 heterocycles. The topological polar surface area (TPSA) is 52.0 Å². The minimum Gasteiger partial charge on any atom is -0.440 e. The zero-order chi connectivity index (χ0) is 17.1. The molecule has 128 valence electrons. The van der Waals surface area contributed by atoms with E-state index in [2.05, 4.69) is 24.3 Å². The number of nitrogens with zero attached hydrogens (tertiary/aromatic N) is 1. The monoisotopic (exact) mass is 332 g/mol. The maximum Gasteiger partial charge on any atom is 0.195 e. The van der Waals surface area contributed by atoms with Crippen LogP contribution in [0.2, 0.25) is 0 Å². The van der Waals surface area contributed by atoms with Crippen LogP contribution in [0, 0.1) is 5.92 Å². The Bertz CT molecular complexity index is 754. The summed E-state index contributed by atoms with van der Waals surface area (Å²) in [6, 6.07) is 20.8. The molecule has 0 amide bonds. The normalized spacial score (nSPS) is 20.5. The first-order valence-electron chi connectivity index (χ1n) is 9.17. The number of hydrogen-bond donors (Lipinski definition) is 1. The van der Waals surface area contributed by atoms with Gasteiger partial charge in [-0.05, 0) is 18.8 Å². The minimum absolute atomic E-state index is 0.265. The summed E-state index contributed by atoms with van der Waals surface area (Å²) in [5, 5.41) is 0. The van der Waals surface area contributed by atoms with Crippen LogP contribution in [0.5, 0.6) is 0 Å². The lowest BCUT2D eigenvalue weighted by molar-refractivity contribution is 0.288. The maximum atomic E-state index is 6.32. The van der Waals surface area contributed by atoms with Gasteiger partial charge in [0.25, 0.3) is 0 Å². The van der Waals surface area contributed by atoms with Gasteiger partial charge < -0.3 is 10.2 Å². The predicted molar refractivity (Wildman–Crippen MR) is 101 cm³/mol. The van der Waals surface area contributed by atoms with Crippen LogP contribution in [-0.2, 0) is 6.42 Å². The molecule has 3 heteroatoms. The molecule has 1 aliphatic rings. The fourth-order valence-electron chi connectivity index (χ4n) is 3.74. The maximum absolute atomic E-state index is 6.32. The number of oxazole rings is 1. The molecule has 1 aromatic heterocycles. The number of benzene rings is 2. The molecule has 4 rings (SSSR count). The molecule has 1 fully saturated rings. The lowest BCUT2D eigenvalue weighted by atomic mass is 9.83. The Labute approximate surface area is 148 Å². The van der Waals surface area contributed by atoms with Gasteiger partial charge in [-0.15, -0.1) is 0 Å². The Morgan fingerprint density at radius 3 is 2.20 bits per heavy atom. The van der Waals surface area contributed by atoms with E-state index < -0.39 is 0 Å². The van der Waals surface area contributed by atoms with E-state index >= 15 is 0 Å². The summed E-state index contributed by atoms with van der Waals surface area (Å²) in [5.41, 5.74) is 9.40. The molecule has 3 nitrogen and oxygen atoms in total. The van der Waals surface area contributed by atoms with E-state index in [1.807, 2.05) is 36.4 Å². The molecule has 0 unspecified atom stereocenters. The van der Waals surface area contributed by atoms with E-state index in [4.69, 9.17) is 15.1 Å². The molecule has 1 aliphatic carbocycles. The highest BCUT2D eigenvalue weighted by Crippen LogP contribution is 2.34. The second-order valence-electron chi connectivity index (χ2n) is 6.93. The van der Waals surface area contributed by atoms with Crippen molar-refractivity contribution in [1.82, 2.24) is 4.98 Å². The summed E-state index contributed by atoms with van der Waals surface area (Å²) in [5.74, 6) is 2.13. The molecule has 1 saturated carbocycles. The first kappa shape index (κ1) is 16.1. The quantitative estimate of drug-likeness (QED) is 0.726. The molecule has 2 N–H and O–H groups in total. The molecule has 0 saturated heterocycles. The van der Waals surface area contributed by atoms with Crippen LogP contribution in [0.3, 0.4) is 0 Å². The Balaban J connectivity index is 1.71. The van der Waals surface area contributed by atoms with Gasteiger partial charge in [-0.1, -0.05) is 73.5 Å². The lowest BCUT2D eigenvalue weighted by Crippen LogP contribution is -2.34. The molecular formula is C22H24N2O. The highest BCUT2D eigenvalue weighted by atomic mass is 16.4. The van der Waals surface area contributed by atoms with E-state index in [0.717, 1.165) is 41.3 Å². The van der Waals surface area contributed by atoms with Crippen LogP contribution in [0.25, 0.3) is 22.6 Å². The Kier molecular flexibility index (Phi) is 4.66. The van der Waals surface area contributed by atoms with Crippen molar-refractivity contribution in [2.75, 3.05) is 0 Å². The van der Waals surface area contributed by atoms with E-state index in [-0.39, 0.29) is 6.04 Å². The number of nitrogens with two attached hydrogens (primary N) is 1. The van der Waals surface area contributed by atoms with Gasteiger partial charge >= 0.3 is 0 Å². The lowest BCUT2D eigenvalue weighted by Gasteiger charge is -2.27. The third-order valence-corrected chi connectivity index (χ3v) is 5.16. The fraction of sp³-hybridized carbons (Fsp3) is 0.318. The summed E-state index contributed by atoms with van der Waals surface area (Å²) >= 11 is 0. The van der Waals surface area contributed by atoms with E-state index in [1.54, 1.807) is 0 Å². The summed E-state index contributed by atoms with van der Waals surface area (Å²) < 4.78 is 6.24. The molecular weight excluding hydrogens is 308 g/mol. The van der Waals surface area contributed by atoms with Crippen LogP contribution in [0.1, 0.15) is 31.6 Å². The van der Waals surface area contributed by atoms with Gasteiger partial charge in [0.05, 0.1) is 0 Å². The molecule has 2 aromatic carbocycles. The van der Waals surface area contributed by atoms with Crippen molar-refractivity contribution >= 4 is 0 Å². The van der Waals surface area contributed by atoms with Gasteiger partial charge in [0, 0.05) is 23.6 Å².